The molecule has 2 N–H and O–H groups in total. The van der Waals surface area contributed by atoms with Gasteiger partial charge in [-0.3, -0.25) is 0 Å². The number of hydrogen-bond donors (Lipinski definition) is 1. The minimum absolute atomic E-state index is 0.107. The molecule has 96 valence electrons. The number of halogens is 5. The second-order valence-electron chi connectivity index (χ2n) is 3.34. The lowest BCUT2D eigenvalue weighted by Gasteiger charge is -2.26. The lowest BCUT2D eigenvalue weighted by Crippen LogP contribution is -2.45. The Hall–Kier alpha value is -1.37. The molecule has 0 bridgehead atoms. The second kappa shape index (κ2) is 4.48. The van der Waals surface area contributed by atoms with E-state index >= 15 is 0 Å². The predicted octanol–water partition coefficient (Wildman–Crippen LogP) is 2.89. The van der Waals surface area contributed by atoms with E-state index in [2.05, 4.69) is 0 Å². The molecule has 0 aliphatic carbocycles. The van der Waals surface area contributed by atoms with Gasteiger partial charge in [0.2, 0.25) is 0 Å². The SMILES string of the molecule is COc1ccccc1[C@@H](N)C(F)(F)C(F)(F)F. The van der Waals surface area contributed by atoms with E-state index in [-0.39, 0.29) is 5.75 Å². The zero-order valence-corrected chi connectivity index (χ0v) is 8.76. The van der Waals surface area contributed by atoms with Crippen LogP contribution < -0.4 is 10.5 Å². The summed E-state index contributed by atoms with van der Waals surface area (Å²) in [4.78, 5) is 0. The zero-order valence-electron chi connectivity index (χ0n) is 8.76. The van der Waals surface area contributed by atoms with Crippen molar-refractivity contribution in [3.63, 3.8) is 0 Å². The van der Waals surface area contributed by atoms with Crippen molar-refractivity contribution in [2.45, 2.75) is 18.1 Å². The van der Waals surface area contributed by atoms with Crippen LogP contribution in [0.5, 0.6) is 5.75 Å². The number of rotatable bonds is 3. The van der Waals surface area contributed by atoms with Crippen LogP contribution in [0.25, 0.3) is 0 Å². The molecule has 1 aromatic carbocycles. The molecule has 1 rings (SSSR count). The molecule has 0 spiro atoms. The fourth-order valence-corrected chi connectivity index (χ4v) is 1.29. The van der Waals surface area contributed by atoms with Crippen LogP contribution in [0.15, 0.2) is 24.3 Å². The van der Waals surface area contributed by atoms with Crippen molar-refractivity contribution >= 4 is 0 Å². The van der Waals surface area contributed by atoms with Gasteiger partial charge in [0, 0.05) is 5.56 Å². The van der Waals surface area contributed by atoms with Gasteiger partial charge < -0.3 is 10.5 Å². The van der Waals surface area contributed by atoms with Gasteiger partial charge in [0.15, 0.2) is 0 Å². The summed E-state index contributed by atoms with van der Waals surface area (Å²) in [5.41, 5.74) is 4.59. The summed E-state index contributed by atoms with van der Waals surface area (Å²) in [6.07, 6.45) is -5.70. The van der Waals surface area contributed by atoms with Crippen LogP contribution in [-0.2, 0) is 0 Å². The molecule has 2 nitrogen and oxygen atoms in total. The third kappa shape index (κ3) is 2.49. The van der Waals surface area contributed by atoms with Crippen LogP contribution in [0.2, 0.25) is 0 Å². The molecule has 0 heterocycles. The third-order valence-corrected chi connectivity index (χ3v) is 2.24. The maximum absolute atomic E-state index is 13.0. The first-order valence-corrected chi connectivity index (χ1v) is 4.55. The van der Waals surface area contributed by atoms with Crippen LogP contribution in [0.3, 0.4) is 0 Å². The Labute approximate surface area is 94.2 Å². The molecule has 1 atom stereocenters. The van der Waals surface area contributed by atoms with E-state index in [4.69, 9.17) is 10.5 Å². The normalized spacial score (nSPS) is 14.5. The van der Waals surface area contributed by atoms with Gasteiger partial charge in [-0.15, -0.1) is 0 Å². The van der Waals surface area contributed by atoms with Gasteiger partial charge >= 0.3 is 12.1 Å². The van der Waals surface area contributed by atoms with Crippen LogP contribution >= 0.6 is 0 Å². The fraction of sp³-hybridized carbons (Fsp3) is 0.400. The van der Waals surface area contributed by atoms with E-state index in [1.54, 1.807) is 0 Å². The molecule has 0 unspecified atom stereocenters. The van der Waals surface area contributed by atoms with Gasteiger partial charge in [0.25, 0.3) is 0 Å². The highest BCUT2D eigenvalue weighted by Crippen LogP contribution is 2.44. The van der Waals surface area contributed by atoms with Crippen LogP contribution in [0.4, 0.5) is 22.0 Å². The molecule has 0 radical (unpaired) electrons. The first kappa shape index (κ1) is 13.7. The zero-order chi connectivity index (χ0) is 13.3. The molecule has 0 aromatic heterocycles. The third-order valence-electron chi connectivity index (χ3n) is 2.24. The van der Waals surface area contributed by atoms with Crippen molar-refractivity contribution in [1.29, 1.82) is 0 Å². The molecule has 0 saturated heterocycles. The summed E-state index contributed by atoms with van der Waals surface area (Å²) in [6.45, 7) is 0. The van der Waals surface area contributed by atoms with Crippen LogP contribution in [0, 0.1) is 0 Å². The Morgan fingerprint density at radius 2 is 1.65 bits per heavy atom. The molecular weight excluding hydrogens is 245 g/mol. The number of para-hydroxylation sites is 1. The topological polar surface area (TPSA) is 35.2 Å². The van der Waals surface area contributed by atoms with E-state index in [9.17, 15) is 22.0 Å². The number of nitrogens with two attached hydrogens (primary N) is 1. The Morgan fingerprint density at radius 3 is 2.12 bits per heavy atom. The summed E-state index contributed by atoms with van der Waals surface area (Å²) < 4.78 is 67.1. The summed E-state index contributed by atoms with van der Waals surface area (Å²) in [5.74, 6) is -5.12. The van der Waals surface area contributed by atoms with E-state index in [1.807, 2.05) is 0 Å². The maximum atomic E-state index is 13.0. The highest BCUT2D eigenvalue weighted by Gasteiger charge is 2.62. The maximum Gasteiger partial charge on any atom is 0.455 e. The number of alkyl halides is 5. The van der Waals surface area contributed by atoms with Crippen molar-refractivity contribution in [1.82, 2.24) is 0 Å². The van der Waals surface area contributed by atoms with E-state index in [0.29, 0.717) is 0 Å². The Kier molecular flexibility index (Phi) is 3.61. The largest absolute Gasteiger partial charge is 0.496 e. The Balaban J connectivity index is 3.16. The van der Waals surface area contributed by atoms with E-state index in [0.717, 1.165) is 13.2 Å². The van der Waals surface area contributed by atoms with E-state index < -0.39 is 23.7 Å². The van der Waals surface area contributed by atoms with Gasteiger partial charge in [-0.25, -0.2) is 0 Å². The minimum Gasteiger partial charge on any atom is -0.496 e. The molecular formula is C10H10F5NO. The average Bonchev–Trinajstić information content (AvgIpc) is 2.26. The predicted molar refractivity (Wildman–Crippen MR) is 50.9 cm³/mol. The van der Waals surface area contributed by atoms with Gasteiger partial charge in [-0.2, -0.15) is 22.0 Å². The highest BCUT2D eigenvalue weighted by atomic mass is 19.4. The molecule has 0 amide bonds. The highest BCUT2D eigenvalue weighted by molar-refractivity contribution is 5.37. The van der Waals surface area contributed by atoms with Gasteiger partial charge in [0.1, 0.15) is 11.8 Å². The van der Waals surface area contributed by atoms with Crippen LogP contribution in [-0.4, -0.2) is 19.2 Å². The van der Waals surface area contributed by atoms with E-state index in [1.165, 1.54) is 18.2 Å². The summed E-state index contributed by atoms with van der Waals surface area (Å²) in [6, 6.07) is 2.59. The van der Waals surface area contributed by atoms with Gasteiger partial charge in [0.05, 0.1) is 7.11 Å². The number of methoxy groups -OCH3 is 1. The summed E-state index contributed by atoms with van der Waals surface area (Å²) in [7, 11) is 1.16. The Bertz CT molecular complexity index is 391. The molecule has 0 aliphatic heterocycles. The van der Waals surface area contributed by atoms with Crippen molar-refractivity contribution < 1.29 is 26.7 Å². The molecule has 7 heteroatoms. The fourth-order valence-electron chi connectivity index (χ4n) is 1.29. The molecule has 0 aliphatic rings. The summed E-state index contributed by atoms with van der Waals surface area (Å²) in [5, 5.41) is 0. The van der Waals surface area contributed by atoms with Crippen molar-refractivity contribution in [2.75, 3.05) is 7.11 Å². The molecule has 0 saturated carbocycles. The van der Waals surface area contributed by atoms with Gasteiger partial charge in [-0.05, 0) is 6.07 Å². The monoisotopic (exact) mass is 255 g/mol. The lowest BCUT2D eigenvalue weighted by atomic mass is 10.00. The van der Waals surface area contributed by atoms with Crippen molar-refractivity contribution in [3.8, 4) is 5.75 Å². The Morgan fingerprint density at radius 1 is 1.12 bits per heavy atom. The van der Waals surface area contributed by atoms with Gasteiger partial charge in [-0.1, -0.05) is 18.2 Å². The van der Waals surface area contributed by atoms with Crippen molar-refractivity contribution in [2.24, 2.45) is 5.73 Å². The molecule has 0 fully saturated rings. The number of hydrogen-bond acceptors (Lipinski definition) is 2. The minimum atomic E-state index is -5.70. The number of ether oxygens (including phenoxy) is 1. The average molecular weight is 255 g/mol. The summed E-state index contributed by atoms with van der Waals surface area (Å²) >= 11 is 0. The van der Waals surface area contributed by atoms with Crippen LogP contribution in [0.1, 0.15) is 11.6 Å². The molecule has 17 heavy (non-hydrogen) atoms. The first-order valence-electron chi connectivity index (χ1n) is 4.55. The number of benzene rings is 1. The standard InChI is InChI=1S/C10H10F5NO/c1-17-7-5-3-2-4-6(7)8(16)9(11,12)10(13,14)15/h2-5,8H,16H2,1H3/t8-/m1/s1. The van der Waals surface area contributed by atoms with Crippen molar-refractivity contribution in [3.05, 3.63) is 29.8 Å². The second-order valence-corrected chi connectivity index (χ2v) is 3.34. The molecule has 1 aromatic rings. The quantitative estimate of drug-likeness (QED) is 0.843. The smallest absolute Gasteiger partial charge is 0.455 e. The first-order chi connectivity index (χ1) is 7.71. The lowest BCUT2D eigenvalue weighted by molar-refractivity contribution is -0.291.